The first-order valence-electron chi connectivity index (χ1n) is 16.7. The molecule has 262 valence electrons. The number of halogens is 3. The van der Waals surface area contributed by atoms with Crippen LogP contribution < -0.4 is 5.32 Å². The molecule has 10 nitrogen and oxygen atoms in total. The minimum atomic E-state index is -4.50. The van der Waals surface area contributed by atoms with Gasteiger partial charge in [-0.1, -0.05) is 24.3 Å². The molecule has 0 bridgehead atoms. The van der Waals surface area contributed by atoms with Crippen molar-refractivity contribution in [3.8, 4) is 0 Å². The third-order valence-corrected chi connectivity index (χ3v) is 10.4. The molecule has 0 spiro atoms. The molecule has 2 aromatic carbocycles. The molecule has 2 saturated heterocycles. The van der Waals surface area contributed by atoms with Gasteiger partial charge in [0.05, 0.1) is 30.2 Å². The summed E-state index contributed by atoms with van der Waals surface area (Å²) >= 11 is 0. The Morgan fingerprint density at radius 2 is 1.82 bits per heavy atom. The van der Waals surface area contributed by atoms with Crippen LogP contribution in [0, 0.1) is 11.8 Å². The van der Waals surface area contributed by atoms with Crippen molar-refractivity contribution < 1.29 is 37.1 Å². The molecule has 0 saturated carbocycles. The van der Waals surface area contributed by atoms with Crippen LogP contribution in [0.4, 0.5) is 13.2 Å². The minimum Gasteiger partial charge on any atom is -0.378 e. The van der Waals surface area contributed by atoms with Gasteiger partial charge >= 0.3 is 6.18 Å². The van der Waals surface area contributed by atoms with E-state index in [1.807, 2.05) is 25.1 Å². The lowest BCUT2D eigenvalue weighted by atomic mass is 9.67. The number of aromatic nitrogens is 1. The standard InChI is InChI=1S/C36H42F3N5O5/c1-35-28(34(48)43-13-15-49-16-14-43)19-24(20-30(45)40-21-23-5-4-6-25(17-23)36(37,38)39)33(47)44(35)12-11-27-26-9-7-22(8-10-31(46)42(2)3)18-29(26)41-32(27)35/h4-7,9,17-18,24,28,41H,8,10-16,19-21H2,1-3H3,(H,40,45)/t24-,28-,35+/m1/s1. The number of alkyl halides is 3. The summed E-state index contributed by atoms with van der Waals surface area (Å²) in [6, 6.07) is 10.8. The van der Waals surface area contributed by atoms with E-state index in [2.05, 4.69) is 10.3 Å². The normalized spacial score (nSPS) is 22.4. The van der Waals surface area contributed by atoms with E-state index in [9.17, 15) is 32.3 Å². The van der Waals surface area contributed by atoms with E-state index in [1.54, 1.807) is 28.8 Å². The topological polar surface area (TPSA) is 115 Å². The number of nitrogens with zero attached hydrogens (tertiary/aromatic N) is 3. The number of nitrogens with one attached hydrogen (secondary N) is 2. The number of benzene rings is 2. The zero-order valence-corrected chi connectivity index (χ0v) is 28.0. The smallest absolute Gasteiger partial charge is 0.378 e. The zero-order chi connectivity index (χ0) is 35.1. The van der Waals surface area contributed by atoms with Crippen molar-refractivity contribution in [1.29, 1.82) is 0 Å². The highest BCUT2D eigenvalue weighted by Crippen LogP contribution is 2.50. The minimum absolute atomic E-state index is 0.0399. The average Bonchev–Trinajstić information content (AvgIpc) is 3.46. The number of ether oxygens (including phenoxy) is 1. The molecule has 2 N–H and O–H groups in total. The summed E-state index contributed by atoms with van der Waals surface area (Å²) in [5.41, 5.74) is 2.22. The molecule has 1 aromatic heterocycles. The summed E-state index contributed by atoms with van der Waals surface area (Å²) in [7, 11) is 3.46. The fourth-order valence-corrected chi connectivity index (χ4v) is 7.62. The van der Waals surface area contributed by atoms with Crippen LogP contribution in [0.15, 0.2) is 42.5 Å². The van der Waals surface area contributed by atoms with Gasteiger partial charge in [0.25, 0.3) is 0 Å². The molecule has 2 fully saturated rings. The van der Waals surface area contributed by atoms with Crippen molar-refractivity contribution in [1.82, 2.24) is 25.0 Å². The van der Waals surface area contributed by atoms with Crippen molar-refractivity contribution in [2.45, 2.75) is 57.3 Å². The van der Waals surface area contributed by atoms with E-state index in [1.165, 1.54) is 12.1 Å². The Morgan fingerprint density at radius 1 is 1.06 bits per heavy atom. The van der Waals surface area contributed by atoms with Gasteiger partial charge in [-0.15, -0.1) is 0 Å². The lowest BCUT2D eigenvalue weighted by molar-refractivity contribution is -0.166. The second-order valence-electron chi connectivity index (χ2n) is 13.6. The number of aryl methyl sites for hydroxylation is 1. The number of hydrogen-bond acceptors (Lipinski definition) is 5. The van der Waals surface area contributed by atoms with Gasteiger partial charge in [0.2, 0.25) is 23.6 Å². The number of carbonyl (C=O) groups is 4. The van der Waals surface area contributed by atoms with Crippen molar-refractivity contribution in [3.05, 3.63) is 70.4 Å². The number of carbonyl (C=O) groups excluding carboxylic acids is 4. The molecule has 0 unspecified atom stereocenters. The third kappa shape index (κ3) is 6.77. The van der Waals surface area contributed by atoms with Crippen molar-refractivity contribution in [2.75, 3.05) is 46.9 Å². The number of H-pyrrole nitrogens is 1. The summed E-state index contributed by atoms with van der Waals surface area (Å²) in [5, 5.41) is 3.69. The lowest BCUT2D eigenvalue weighted by Gasteiger charge is -2.54. The van der Waals surface area contributed by atoms with Gasteiger partial charge < -0.3 is 29.7 Å². The van der Waals surface area contributed by atoms with Gasteiger partial charge in [0.15, 0.2) is 0 Å². The maximum absolute atomic E-state index is 14.3. The van der Waals surface area contributed by atoms with Crippen LogP contribution in [0.5, 0.6) is 0 Å². The van der Waals surface area contributed by atoms with Crippen LogP contribution in [0.2, 0.25) is 0 Å². The summed E-state index contributed by atoms with van der Waals surface area (Å²) in [5.74, 6) is -2.20. The molecule has 3 aliphatic heterocycles. The highest BCUT2D eigenvalue weighted by Gasteiger charge is 2.57. The molecule has 3 atom stereocenters. The number of fused-ring (bicyclic) bond motifs is 5. The van der Waals surface area contributed by atoms with Gasteiger partial charge in [-0.25, -0.2) is 0 Å². The second kappa shape index (κ2) is 13.5. The summed E-state index contributed by atoms with van der Waals surface area (Å²) < 4.78 is 45.1. The number of rotatable bonds is 8. The molecular formula is C36H42F3N5O5. The van der Waals surface area contributed by atoms with Crippen molar-refractivity contribution >= 4 is 34.5 Å². The van der Waals surface area contributed by atoms with E-state index >= 15 is 0 Å². The van der Waals surface area contributed by atoms with E-state index in [-0.39, 0.29) is 37.1 Å². The van der Waals surface area contributed by atoms with E-state index in [4.69, 9.17) is 4.74 Å². The Bertz CT molecular complexity index is 1770. The van der Waals surface area contributed by atoms with Crippen molar-refractivity contribution in [3.63, 3.8) is 0 Å². The maximum Gasteiger partial charge on any atom is 0.416 e. The van der Waals surface area contributed by atoms with Crippen LogP contribution in [0.3, 0.4) is 0 Å². The first kappa shape index (κ1) is 34.5. The molecule has 49 heavy (non-hydrogen) atoms. The Kier molecular flexibility index (Phi) is 9.49. The Hall–Kier alpha value is -4.39. The molecule has 4 amide bonds. The van der Waals surface area contributed by atoms with Gasteiger partial charge in [0, 0.05) is 75.6 Å². The van der Waals surface area contributed by atoms with Crippen LogP contribution in [-0.2, 0) is 55.0 Å². The van der Waals surface area contributed by atoms with Gasteiger partial charge in [-0.2, -0.15) is 13.2 Å². The van der Waals surface area contributed by atoms with Crippen LogP contribution in [0.25, 0.3) is 10.9 Å². The number of hydrogen-bond donors (Lipinski definition) is 2. The third-order valence-electron chi connectivity index (χ3n) is 10.4. The molecule has 3 aromatic rings. The SMILES string of the molecule is CN(C)C(=O)CCc1ccc2c3c([nH]c2c1)[C@]1(C)[C@@H](C(=O)N2CCOCC2)C[C@H](CC(=O)NCc2cccc(C(F)(F)F)c2)C(=O)N1CC3. The number of amides is 4. The predicted molar refractivity (Wildman–Crippen MR) is 175 cm³/mol. The summed E-state index contributed by atoms with van der Waals surface area (Å²) in [6.45, 7) is 3.86. The first-order valence-corrected chi connectivity index (χ1v) is 16.7. The predicted octanol–water partition coefficient (Wildman–Crippen LogP) is 4.01. The van der Waals surface area contributed by atoms with E-state index < -0.39 is 35.0 Å². The molecular weight excluding hydrogens is 639 g/mol. The van der Waals surface area contributed by atoms with Gasteiger partial charge in [-0.3, -0.25) is 19.2 Å². The molecule has 4 heterocycles. The maximum atomic E-state index is 14.3. The second-order valence-corrected chi connectivity index (χ2v) is 13.6. The highest BCUT2D eigenvalue weighted by atomic mass is 19.4. The molecule has 13 heteroatoms. The Labute approximate surface area is 282 Å². The van der Waals surface area contributed by atoms with Gasteiger partial charge in [-0.05, 0) is 61.1 Å². The van der Waals surface area contributed by atoms with E-state index in [0.29, 0.717) is 57.7 Å². The van der Waals surface area contributed by atoms with Crippen LogP contribution >= 0.6 is 0 Å². The largest absolute Gasteiger partial charge is 0.416 e. The monoisotopic (exact) mass is 681 g/mol. The fraction of sp³-hybridized carbons (Fsp3) is 0.500. The Morgan fingerprint density at radius 3 is 2.53 bits per heavy atom. The lowest BCUT2D eigenvalue weighted by Crippen LogP contribution is -2.65. The first-order chi connectivity index (χ1) is 23.3. The molecule has 3 aliphatic rings. The summed E-state index contributed by atoms with van der Waals surface area (Å²) in [6.07, 6.45) is -3.03. The molecule has 6 rings (SSSR count). The molecule has 0 aliphatic carbocycles. The molecule has 0 radical (unpaired) electrons. The number of morpholine rings is 1. The van der Waals surface area contributed by atoms with Gasteiger partial charge in [0.1, 0.15) is 0 Å². The van der Waals surface area contributed by atoms with Crippen molar-refractivity contribution in [2.24, 2.45) is 11.8 Å². The number of aromatic amines is 1. The number of piperidine rings is 1. The summed E-state index contributed by atoms with van der Waals surface area (Å²) in [4.78, 5) is 62.6. The zero-order valence-electron chi connectivity index (χ0n) is 28.0. The van der Waals surface area contributed by atoms with Crippen LogP contribution in [0.1, 0.15) is 54.1 Å². The average molecular weight is 682 g/mol. The Balaban J connectivity index is 1.27. The highest BCUT2D eigenvalue weighted by molar-refractivity contribution is 5.93. The van der Waals surface area contributed by atoms with E-state index in [0.717, 1.165) is 39.9 Å². The quantitative estimate of drug-likeness (QED) is 0.373. The van der Waals surface area contributed by atoms with Crippen LogP contribution in [-0.4, -0.2) is 90.3 Å². The fourth-order valence-electron chi connectivity index (χ4n) is 7.62.